The van der Waals surface area contributed by atoms with Gasteiger partial charge in [0.15, 0.2) is 11.6 Å². The Hall–Kier alpha value is -4.34. The number of methoxy groups -OCH3 is 1. The Morgan fingerprint density at radius 1 is 1.02 bits per heavy atom. The SMILES string of the molecule is COc1ncccc1C(=O)N[C@@H](CC(C)C)C(=O)N[C@@H](CC(=O)O)c1cc(-c2c(C)cccc2C)cc(F)c1F. The molecule has 0 aliphatic rings. The van der Waals surface area contributed by atoms with Crippen LogP contribution >= 0.6 is 0 Å². The zero-order valence-electron chi connectivity index (χ0n) is 23.0. The number of carbonyl (C=O) groups is 3. The molecule has 212 valence electrons. The van der Waals surface area contributed by atoms with E-state index in [0.29, 0.717) is 11.1 Å². The first-order valence-corrected chi connectivity index (χ1v) is 12.8. The summed E-state index contributed by atoms with van der Waals surface area (Å²) in [5.74, 6) is -5.11. The lowest BCUT2D eigenvalue weighted by atomic mass is 9.92. The van der Waals surface area contributed by atoms with Gasteiger partial charge in [-0.3, -0.25) is 14.4 Å². The van der Waals surface area contributed by atoms with E-state index >= 15 is 4.39 Å². The van der Waals surface area contributed by atoms with Crippen LogP contribution in [0.2, 0.25) is 0 Å². The van der Waals surface area contributed by atoms with Crippen LogP contribution in [0.5, 0.6) is 5.88 Å². The molecule has 0 saturated heterocycles. The molecule has 1 heterocycles. The van der Waals surface area contributed by atoms with E-state index < -0.39 is 47.9 Å². The standard InChI is InChI=1S/C30H33F2N3O5/c1-16(2)12-24(35-28(38)20-10-7-11-33-30(20)40-5)29(39)34-23(15-25(36)37)21-13-19(14-22(31)27(21)32)26-17(3)8-6-9-18(26)4/h6-11,13-14,16,23-24H,12,15H2,1-5H3,(H,34,39)(H,35,38)(H,36,37)/t23-,24-/m0/s1. The van der Waals surface area contributed by atoms with Gasteiger partial charge in [0.2, 0.25) is 11.8 Å². The number of halogens is 2. The maximum atomic E-state index is 15.2. The monoisotopic (exact) mass is 553 g/mol. The number of ether oxygens (including phenoxy) is 1. The quantitative estimate of drug-likeness (QED) is 0.303. The van der Waals surface area contributed by atoms with Crippen LogP contribution in [0, 0.1) is 31.4 Å². The summed E-state index contributed by atoms with van der Waals surface area (Å²) in [6, 6.07) is 8.41. The van der Waals surface area contributed by atoms with Crippen LogP contribution in [0.25, 0.3) is 11.1 Å². The third kappa shape index (κ3) is 7.19. The van der Waals surface area contributed by atoms with Gasteiger partial charge in [-0.15, -0.1) is 0 Å². The fourth-order valence-corrected chi connectivity index (χ4v) is 4.63. The molecule has 0 spiro atoms. The number of nitrogens with one attached hydrogen (secondary N) is 2. The molecule has 2 amide bonds. The molecule has 0 aliphatic carbocycles. The lowest BCUT2D eigenvalue weighted by Crippen LogP contribution is -2.48. The summed E-state index contributed by atoms with van der Waals surface area (Å²) < 4.78 is 35.2. The van der Waals surface area contributed by atoms with Crippen molar-refractivity contribution in [2.45, 2.75) is 52.6 Å². The van der Waals surface area contributed by atoms with Gasteiger partial charge in [-0.25, -0.2) is 13.8 Å². The molecule has 2 atom stereocenters. The normalized spacial score (nSPS) is 12.5. The second-order valence-electron chi connectivity index (χ2n) is 10.0. The molecular formula is C30H33F2N3O5. The molecule has 10 heteroatoms. The number of amides is 2. The predicted octanol–water partition coefficient (Wildman–Crippen LogP) is 5.13. The number of carbonyl (C=O) groups excluding carboxylic acids is 2. The minimum Gasteiger partial charge on any atom is -0.481 e. The number of nitrogens with zero attached hydrogens (tertiary/aromatic N) is 1. The fourth-order valence-electron chi connectivity index (χ4n) is 4.63. The van der Waals surface area contributed by atoms with E-state index in [0.717, 1.165) is 17.2 Å². The Labute approximate surface area is 231 Å². The molecule has 3 N–H and O–H groups in total. The van der Waals surface area contributed by atoms with Crippen molar-refractivity contribution in [2.24, 2.45) is 5.92 Å². The van der Waals surface area contributed by atoms with Crippen LogP contribution in [0.1, 0.15) is 59.8 Å². The van der Waals surface area contributed by atoms with E-state index in [1.807, 2.05) is 45.9 Å². The number of pyridine rings is 1. The van der Waals surface area contributed by atoms with Crippen LogP contribution in [0.4, 0.5) is 8.78 Å². The van der Waals surface area contributed by atoms with Crippen LogP contribution in [0.15, 0.2) is 48.7 Å². The van der Waals surface area contributed by atoms with E-state index in [-0.39, 0.29) is 29.3 Å². The van der Waals surface area contributed by atoms with Crippen molar-refractivity contribution in [3.05, 3.63) is 82.5 Å². The van der Waals surface area contributed by atoms with Gasteiger partial charge in [0, 0.05) is 11.8 Å². The summed E-state index contributed by atoms with van der Waals surface area (Å²) in [4.78, 5) is 42.2. The Balaban J connectivity index is 1.99. The second-order valence-corrected chi connectivity index (χ2v) is 10.0. The maximum absolute atomic E-state index is 15.2. The lowest BCUT2D eigenvalue weighted by Gasteiger charge is -2.25. The highest BCUT2D eigenvalue weighted by Gasteiger charge is 2.30. The number of rotatable bonds is 11. The van der Waals surface area contributed by atoms with Gasteiger partial charge in [-0.1, -0.05) is 32.0 Å². The third-order valence-corrected chi connectivity index (χ3v) is 6.43. The molecule has 0 fully saturated rings. The highest BCUT2D eigenvalue weighted by Crippen LogP contribution is 2.33. The highest BCUT2D eigenvalue weighted by atomic mass is 19.2. The molecule has 40 heavy (non-hydrogen) atoms. The molecule has 0 saturated carbocycles. The molecule has 1 aromatic heterocycles. The second kappa shape index (κ2) is 13.1. The van der Waals surface area contributed by atoms with Gasteiger partial charge in [0.25, 0.3) is 5.91 Å². The largest absolute Gasteiger partial charge is 0.481 e. The van der Waals surface area contributed by atoms with Gasteiger partial charge in [0.05, 0.1) is 19.6 Å². The molecule has 0 unspecified atom stereocenters. The molecule has 3 aromatic rings. The van der Waals surface area contributed by atoms with E-state index in [2.05, 4.69) is 15.6 Å². The lowest BCUT2D eigenvalue weighted by molar-refractivity contribution is -0.137. The summed E-state index contributed by atoms with van der Waals surface area (Å²) >= 11 is 0. The van der Waals surface area contributed by atoms with E-state index in [1.54, 1.807) is 6.07 Å². The Bertz CT molecular complexity index is 1390. The van der Waals surface area contributed by atoms with Crippen molar-refractivity contribution in [1.82, 2.24) is 15.6 Å². The van der Waals surface area contributed by atoms with Crippen molar-refractivity contribution < 1.29 is 33.0 Å². The molecule has 2 aromatic carbocycles. The topological polar surface area (TPSA) is 118 Å². The van der Waals surface area contributed by atoms with E-state index in [9.17, 15) is 23.9 Å². The van der Waals surface area contributed by atoms with Crippen LogP contribution in [-0.4, -0.2) is 41.0 Å². The van der Waals surface area contributed by atoms with Crippen LogP contribution in [0.3, 0.4) is 0 Å². The summed E-state index contributed by atoms with van der Waals surface area (Å²) in [6.07, 6.45) is 0.932. The zero-order valence-corrected chi connectivity index (χ0v) is 23.0. The summed E-state index contributed by atoms with van der Waals surface area (Å²) in [5, 5.41) is 14.8. The average Bonchev–Trinajstić information content (AvgIpc) is 2.89. The first-order valence-electron chi connectivity index (χ1n) is 12.8. The van der Waals surface area contributed by atoms with Crippen molar-refractivity contribution in [2.75, 3.05) is 7.11 Å². The molecular weight excluding hydrogens is 520 g/mol. The first kappa shape index (κ1) is 30.2. The van der Waals surface area contributed by atoms with Gasteiger partial charge in [-0.2, -0.15) is 0 Å². The number of carboxylic acids is 1. The number of aryl methyl sites for hydroxylation is 2. The summed E-state index contributed by atoms with van der Waals surface area (Å²) in [5.41, 5.74) is 2.46. The number of aromatic nitrogens is 1. The number of benzene rings is 2. The molecule has 0 aliphatic heterocycles. The first-order chi connectivity index (χ1) is 18.9. The molecule has 3 rings (SSSR count). The zero-order chi connectivity index (χ0) is 29.6. The minimum atomic E-state index is -1.41. The smallest absolute Gasteiger partial charge is 0.305 e. The minimum absolute atomic E-state index is 0.0497. The summed E-state index contributed by atoms with van der Waals surface area (Å²) in [6.45, 7) is 7.34. The molecule has 0 radical (unpaired) electrons. The number of aliphatic carboxylic acids is 1. The Kier molecular flexibility index (Phi) is 9.93. The maximum Gasteiger partial charge on any atom is 0.305 e. The van der Waals surface area contributed by atoms with Gasteiger partial charge in [-0.05, 0) is 72.7 Å². The Morgan fingerprint density at radius 2 is 1.70 bits per heavy atom. The summed E-state index contributed by atoms with van der Waals surface area (Å²) in [7, 11) is 1.36. The van der Waals surface area contributed by atoms with E-state index in [4.69, 9.17) is 4.74 Å². The van der Waals surface area contributed by atoms with Crippen molar-refractivity contribution in [3.8, 4) is 17.0 Å². The number of hydrogen-bond acceptors (Lipinski definition) is 5. The molecule has 8 nitrogen and oxygen atoms in total. The predicted molar refractivity (Wildman–Crippen MR) is 146 cm³/mol. The number of hydrogen-bond donors (Lipinski definition) is 3. The molecule has 0 bridgehead atoms. The van der Waals surface area contributed by atoms with Crippen molar-refractivity contribution in [3.63, 3.8) is 0 Å². The Morgan fingerprint density at radius 3 is 2.30 bits per heavy atom. The number of carboxylic acid groups (broad SMARTS) is 1. The van der Waals surface area contributed by atoms with Gasteiger partial charge >= 0.3 is 5.97 Å². The third-order valence-electron chi connectivity index (χ3n) is 6.43. The fraction of sp³-hybridized carbons (Fsp3) is 0.333. The van der Waals surface area contributed by atoms with Gasteiger partial charge in [0.1, 0.15) is 11.6 Å². The van der Waals surface area contributed by atoms with Crippen LogP contribution in [-0.2, 0) is 9.59 Å². The van der Waals surface area contributed by atoms with E-state index in [1.165, 1.54) is 25.4 Å². The van der Waals surface area contributed by atoms with Gasteiger partial charge < -0.3 is 20.5 Å². The van der Waals surface area contributed by atoms with Crippen molar-refractivity contribution >= 4 is 17.8 Å². The van der Waals surface area contributed by atoms with Crippen LogP contribution < -0.4 is 15.4 Å². The van der Waals surface area contributed by atoms with Crippen molar-refractivity contribution in [1.29, 1.82) is 0 Å². The average molecular weight is 554 g/mol. The highest BCUT2D eigenvalue weighted by molar-refractivity contribution is 5.99.